The molecule has 1 N–H and O–H groups in total. The Kier molecular flexibility index (Phi) is 3.25. The number of para-hydroxylation sites is 1. The largest absolute Gasteiger partial charge is 0.310 e. The zero-order valence-electron chi connectivity index (χ0n) is 9.81. The minimum Gasteiger partial charge on any atom is -0.310 e. The second-order valence-corrected chi connectivity index (χ2v) is 4.50. The van der Waals surface area contributed by atoms with Crippen molar-refractivity contribution in [3.05, 3.63) is 30.3 Å². The molecule has 16 heavy (non-hydrogen) atoms. The third-order valence-electron chi connectivity index (χ3n) is 2.97. The monoisotopic (exact) mass is 218 g/mol. The molecule has 86 valence electrons. The summed E-state index contributed by atoms with van der Waals surface area (Å²) in [4.78, 5) is 14.1. The van der Waals surface area contributed by atoms with Gasteiger partial charge in [0, 0.05) is 18.8 Å². The van der Waals surface area contributed by atoms with E-state index in [1.54, 1.807) is 0 Å². The molecule has 1 aliphatic rings. The lowest BCUT2D eigenvalue weighted by atomic mass is 10.0. The molecular weight excluding hydrogens is 200 g/mol. The van der Waals surface area contributed by atoms with Crippen LogP contribution in [0.4, 0.5) is 5.69 Å². The minimum atomic E-state index is -0.0473. The summed E-state index contributed by atoms with van der Waals surface area (Å²) < 4.78 is 0. The zero-order valence-corrected chi connectivity index (χ0v) is 9.81. The van der Waals surface area contributed by atoms with E-state index in [4.69, 9.17) is 0 Å². The average Bonchev–Trinajstić information content (AvgIpc) is 2.30. The van der Waals surface area contributed by atoms with Gasteiger partial charge in [0.25, 0.3) is 0 Å². The van der Waals surface area contributed by atoms with Gasteiger partial charge in [0.1, 0.15) is 0 Å². The Bertz CT molecular complexity index is 361. The highest BCUT2D eigenvalue weighted by Gasteiger charge is 2.30. The molecule has 0 aliphatic carbocycles. The molecule has 0 spiro atoms. The fourth-order valence-electron chi connectivity index (χ4n) is 2.08. The minimum absolute atomic E-state index is 0.0473. The number of anilines is 1. The number of nitrogens with zero attached hydrogens (tertiary/aromatic N) is 1. The van der Waals surface area contributed by atoms with Crippen LogP contribution in [0.15, 0.2) is 30.3 Å². The van der Waals surface area contributed by atoms with Gasteiger partial charge >= 0.3 is 0 Å². The molecule has 3 nitrogen and oxygen atoms in total. The van der Waals surface area contributed by atoms with Crippen LogP contribution < -0.4 is 10.2 Å². The molecule has 1 unspecified atom stereocenters. The standard InChI is InChI=1S/C13H18N2O/c1-10(2)12-13(16)15(9-8-14-12)11-6-4-3-5-7-11/h3-7,10,12,14H,8-9H2,1-2H3. The SMILES string of the molecule is CC(C)C1NCCN(c2ccccc2)C1=O. The van der Waals surface area contributed by atoms with Gasteiger partial charge in [-0.3, -0.25) is 4.79 Å². The molecule has 1 aromatic rings. The van der Waals surface area contributed by atoms with Crippen molar-refractivity contribution >= 4 is 11.6 Å². The van der Waals surface area contributed by atoms with Crippen molar-refractivity contribution in [3.8, 4) is 0 Å². The molecule has 1 aliphatic heterocycles. The quantitative estimate of drug-likeness (QED) is 0.818. The fraction of sp³-hybridized carbons (Fsp3) is 0.462. The Labute approximate surface area is 96.5 Å². The Morgan fingerprint density at radius 3 is 2.62 bits per heavy atom. The van der Waals surface area contributed by atoms with Crippen LogP contribution in [0, 0.1) is 5.92 Å². The first kappa shape index (κ1) is 11.1. The molecule has 1 heterocycles. The number of carbonyl (C=O) groups is 1. The molecule has 1 atom stereocenters. The van der Waals surface area contributed by atoms with Gasteiger partial charge in [-0.1, -0.05) is 32.0 Å². The average molecular weight is 218 g/mol. The number of nitrogens with one attached hydrogen (secondary N) is 1. The van der Waals surface area contributed by atoms with Crippen LogP contribution in [-0.2, 0) is 4.79 Å². The van der Waals surface area contributed by atoms with E-state index in [0.717, 1.165) is 18.8 Å². The molecular formula is C13H18N2O. The van der Waals surface area contributed by atoms with E-state index in [1.807, 2.05) is 35.2 Å². The maximum atomic E-state index is 12.2. The van der Waals surface area contributed by atoms with Gasteiger partial charge in [-0.05, 0) is 18.1 Å². The summed E-state index contributed by atoms with van der Waals surface area (Å²) >= 11 is 0. The fourth-order valence-corrected chi connectivity index (χ4v) is 2.08. The van der Waals surface area contributed by atoms with Gasteiger partial charge < -0.3 is 10.2 Å². The molecule has 0 saturated carbocycles. The first-order valence-corrected chi connectivity index (χ1v) is 5.80. The van der Waals surface area contributed by atoms with Crippen molar-refractivity contribution in [2.45, 2.75) is 19.9 Å². The van der Waals surface area contributed by atoms with Crippen molar-refractivity contribution in [1.82, 2.24) is 5.32 Å². The second kappa shape index (κ2) is 4.66. The molecule has 3 heteroatoms. The maximum absolute atomic E-state index is 12.2. The van der Waals surface area contributed by atoms with Crippen molar-refractivity contribution in [2.24, 2.45) is 5.92 Å². The van der Waals surface area contributed by atoms with Crippen molar-refractivity contribution in [1.29, 1.82) is 0 Å². The summed E-state index contributed by atoms with van der Waals surface area (Å²) in [6.07, 6.45) is 0. The highest BCUT2D eigenvalue weighted by Crippen LogP contribution is 2.18. The van der Waals surface area contributed by atoms with Gasteiger partial charge in [-0.2, -0.15) is 0 Å². The molecule has 0 radical (unpaired) electrons. The van der Waals surface area contributed by atoms with Crippen molar-refractivity contribution in [2.75, 3.05) is 18.0 Å². The van der Waals surface area contributed by atoms with E-state index in [2.05, 4.69) is 19.2 Å². The molecule has 1 saturated heterocycles. The van der Waals surface area contributed by atoms with Gasteiger partial charge in [0.15, 0.2) is 0 Å². The predicted molar refractivity (Wildman–Crippen MR) is 65.4 cm³/mol. The van der Waals surface area contributed by atoms with Crippen LogP contribution >= 0.6 is 0 Å². The van der Waals surface area contributed by atoms with Gasteiger partial charge in [0.2, 0.25) is 5.91 Å². The van der Waals surface area contributed by atoms with Crippen LogP contribution in [0.5, 0.6) is 0 Å². The van der Waals surface area contributed by atoms with Gasteiger partial charge in [-0.25, -0.2) is 0 Å². The van der Waals surface area contributed by atoms with Crippen LogP contribution in [0.3, 0.4) is 0 Å². The molecule has 0 aromatic heterocycles. The normalized spacial score (nSPS) is 21.6. The number of benzene rings is 1. The molecule has 0 bridgehead atoms. The van der Waals surface area contributed by atoms with Gasteiger partial charge in [-0.15, -0.1) is 0 Å². The van der Waals surface area contributed by atoms with Crippen LogP contribution in [-0.4, -0.2) is 25.0 Å². The number of hydrogen-bond acceptors (Lipinski definition) is 2. The number of amides is 1. The second-order valence-electron chi connectivity index (χ2n) is 4.50. The number of hydrogen-bond donors (Lipinski definition) is 1. The van der Waals surface area contributed by atoms with Gasteiger partial charge in [0.05, 0.1) is 6.04 Å². The van der Waals surface area contributed by atoms with E-state index < -0.39 is 0 Å². The van der Waals surface area contributed by atoms with Crippen molar-refractivity contribution < 1.29 is 4.79 Å². The first-order valence-electron chi connectivity index (χ1n) is 5.80. The molecule has 1 aromatic carbocycles. The van der Waals surface area contributed by atoms with E-state index in [9.17, 15) is 4.79 Å². The lowest BCUT2D eigenvalue weighted by Gasteiger charge is -2.35. The summed E-state index contributed by atoms with van der Waals surface area (Å²) in [5.74, 6) is 0.520. The summed E-state index contributed by atoms with van der Waals surface area (Å²) in [6, 6.07) is 9.83. The Balaban J connectivity index is 2.20. The Hall–Kier alpha value is -1.35. The molecule has 1 amide bonds. The van der Waals surface area contributed by atoms with E-state index in [-0.39, 0.29) is 11.9 Å². The van der Waals surface area contributed by atoms with Crippen LogP contribution in [0.25, 0.3) is 0 Å². The van der Waals surface area contributed by atoms with Crippen LogP contribution in [0.2, 0.25) is 0 Å². The summed E-state index contributed by atoms with van der Waals surface area (Å²) in [5, 5.41) is 3.28. The topological polar surface area (TPSA) is 32.3 Å². The molecule has 2 rings (SSSR count). The first-order chi connectivity index (χ1) is 7.70. The number of piperazine rings is 1. The summed E-state index contributed by atoms with van der Waals surface area (Å²) in [6.45, 7) is 5.77. The summed E-state index contributed by atoms with van der Waals surface area (Å²) in [5.41, 5.74) is 1.000. The lowest BCUT2D eigenvalue weighted by Crippen LogP contribution is -2.57. The predicted octanol–water partition coefficient (Wildman–Crippen LogP) is 1.65. The lowest BCUT2D eigenvalue weighted by molar-refractivity contribution is -0.122. The smallest absolute Gasteiger partial charge is 0.244 e. The summed E-state index contributed by atoms with van der Waals surface area (Å²) in [7, 11) is 0. The van der Waals surface area contributed by atoms with Crippen molar-refractivity contribution in [3.63, 3.8) is 0 Å². The highest BCUT2D eigenvalue weighted by atomic mass is 16.2. The number of carbonyl (C=O) groups excluding carboxylic acids is 1. The van der Waals surface area contributed by atoms with E-state index in [1.165, 1.54) is 0 Å². The van der Waals surface area contributed by atoms with E-state index in [0.29, 0.717) is 5.92 Å². The zero-order chi connectivity index (χ0) is 11.5. The third kappa shape index (κ3) is 2.09. The highest BCUT2D eigenvalue weighted by molar-refractivity contribution is 5.98. The maximum Gasteiger partial charge on any atom is 0.244 e. The number of rotatable bonds is 2. The molecule has 1 fully saturated rings. The Morgan fingerprint density at radius 2 is 2.00 bits per heavy atom. The third-order valence-corrected chi connectivity index (χ3v) is 2.97. The van der Waals surface area contributed by atoms with E-state index >= 15 is 0 Å². The van der Waals surface area contributed by atoms with Crippen LogP contribution in [0.1, 0.15) is 13.8 Å². The Morgan fingerprint density at radius 1 is 1.31 bits per heavy atom.